The highest BCUT2D eigenvalue weighted by Gasteiger charge is 2.36. The molecule has 7 heteroatoms. The van der Waals surface area contributed by atoms with Crippen molar-refractivity contribution >= 4 is 15.9 Å². The van der Waals surface area contributed by atoms with Crippen LogP contribution in [0.5, 0.6) is 0 Å². The zero-order valence-electron chi connectivity index (χ0n) is 7.37. The summed E-state index contributed by atoms with van der Waals surface area (Å²) in [5.74, 6) is 0. The first-order valence-electron chi connectivity index (χ1n) is 3.75. The Hall–Kier alpha value is -0.720. The predicted molar refractivity (Wildman–Crippen MR) is 46.6 cm³/mol. The van der Waals surface area contributed by atoms with E-state index in [2.05, 4.69) is 20.9 Å². The van der Waals surface area contributed by atoms with Gasteiger partial charge in [-0.2, -0.15) is 13.2 Å². The van der Waals surface area contributed by atoms with Crippen LogP contribution in [-0.2, 0) is 6.18 Å². The van der Waals surface area contributed by atoms with Crippen LogP contribution < -0.4 is 0 Å². The smallest absolute Gasteiger partial charge is 0.254 e. The third-order valence-corrected chi connectivity index (χ3v) is 2.41. The fraction of sp³-hybridized carbons (Fsp3) is 0.375. The van der Waals surface area contributed by atoms with Crippen molar-refractivity contribution < 1.29 is 22.0 Å². The second-order valence-corrected chi connectivity index (χ2v) is 3.64. The molecular weight excluding hydrogens is 285 g/mol. The Morgan fingerprint density at radius 2 is 1.87 bits per heavy atom. The lowest BCUT2D eigenvalue weighted by molar-refractivity contribution is -0.138. The molecule has 0 aliphatic heterocycles. The lowest BCUT2D eigenvalue weighted by Crippen LogP contribution is -2.12. The number of halogens is 6. The van der Waals surface area contributed by atoms with E-state index >= 15 is 0 Å². The summed E-state index contributed by atoms with van der Waals surface area (Å²) in [6, 6.07) is 0. The Morgan fingerprint density at radius 3 is 2.27 bits per heavy atom. The third kappa shape index (κ3) is 2.45. The maximum Gasteiger partial charge on any atom is 0.417 e. The molecule has 0 bridgehead atoms. The van der Waals surface area contributed by atoms with Gasteiger partial charge in [-0.1, -0.05) is 0 Å². The molecule has 1 heterocycles. The van der Waals surface area contributed by atoms with E-state index in [4.69, 9.17) is 0 Å². The summed E-state index contributed by atoms with van der Waals surface area (Å²) in [7, 11) is 0. The summed E-state index contributed by atoms with van der Waals surface area (Å²) in [5.41, 5.74) is -2.50. The van der Waals surface area contributed by atoms with E-state index < -0.39 is 29.4 Å². The van der Waals surface area contributed by atoms with Gasteiger partial charge in [-0.3, -0.25) is 4.98 Å². The van der Waals surface area contributed by atoms with Crippen LogP contribution in [0.15, 0.2) is 10.7 Å². The van der Waals surface area contributed by atoms with Gasteiger partial charge >= 0.3 is 6.18 Å². The molecule has 0 saturated heterocycles. The molecule has 1 aromatic rings. The second-order valence-electron chi connectivity index (χ2n) is 2.79. The summed E-state index contributed by atoms with van der Waals surface area (Å²) in [6.45, 7) is 0.974. The van der Waals surface area contributed by atoms with Gasteiger partial charge in [-0.25, -0.2) is 8.78 Å². The summed E-state index contributed by atoms with van der Waals surface area (Å²) in [5, 5.41) is 0. The molecule has 1 aromatic heterocycles. The van der Waals surface area contributed by atoms with Crippen LogP contribution in [0.2, 0.25) is 0 Å². The van der Waals surface area contributed by atoms with E-state index in [-0.39, 0.29) is 4.47 Å². The van der Waals surface area contributed by atoms with Gasteiger partial charge in [0, 0.05) is 10.7 Å². The van der Waals surface area contributed by atoms with Crippen LogP contribution in [0.25, 0.3) is 0 Å². The van der Waals surface area contributed by atoms with Gasteiger partial charge in [0.1, 0.15) is 5.69 Å². The SMILES string of the molecule is Cc1c(C(F)F)ncc(Br)c1C(F)(F)F. The Bertz CT molecular complexity index is 374. The van der Waals surface area contributed by atoms with Crippen molar-refractivity contribution in [1.29, 1.82) is 0 Å². The minimum Gasteiger partial charge on any atom is -0.254 e. The van der Waals surface area contributed by atoms with Crippen molar-refractivity contribution in [2.24, 2.45) is 0 Å². The van der Waals surface area contributed by atoms with E-state index in [0.717, 1.165) is 13.1 Å². The lowest BCUT2D eigenvalue weighted by atomic mass is 10.1. The molecule has 1 rings (SSSR count). The van der Waals surface area contributed by atoms with Crippen LogP contribution in [0.3, 0.4) is 0 Å². The van der Waals surface area contributed by atoms with Crippen LogP contribution in [0, 0.1) is 6.92 Å². The zero-order valence-corrected chi connectivity index (χ0v) is 8.96. The first-order valence-corrected chi connectivity index (χ1v) is 4.54. The standard InChI is InChI=1S/C8H5BrF5N/c1-3-5(8(12,13)14)4(9)2-15-6(3)7(10)11/h2,7H,1H3. The fourth-order valence-corrected chi connectivity index (χ4v) is 1.79. The Kier molecular flexibility index (Phi) is 3.32. The average Bonchev–Trinajstić information content (AvgIpc) is 2.00. The number of alkyl halides is 5. The average molecular weight is 290 g/mol. The number of hydrogen-bond acceptors (Lipinski definition) is 1. The normalized spacial score (nSPS) is 12.3. The fourth-order valence-electron chi connectivity index (χ4n) is 1.16. The molecule has 84 valence electrons. The first-order chi connectivity index (χ1) is 6.75. The molecule has 0 amide bonds. The minimum absolute atomic E-state index is 0.336. The quantitative estimate of drug-likeness (QED) is 0.709. The Balaban J connectivity index is 3.44. The van der Waals surface area contributed by atoms with E-state index in [9.17, 15) is 22.0 Å². The molecule has 15 heavy (non-hydrogen) atoms. The third-order valence-electron chi connectivity index (χ3n) is 1.81. The van der Waals surface area contributed by atoms with Gasteiger partial charge in [0.25, 0.3) is 6.43 Å². The van der Waals surface area contributed by atoms with E-state index in [1.54, 1.807) is 0 Å². The molecule has 0 unspecified atom stereocenters. The number of pyridine rings is 1. The molecule has 0 aliphatic carbocycles. The maximum atomic E-state index is 12.5. The molecule has 0 radical (unpaired) electrons. The molecule has 0 fully saturated rings. The molecule has 0 saturated carbocycles. The number of nitrogens with zero attached hydrogens (tertiary/aromatic N) is 1. The van der Waals surface area contributed by atoms with Crippen molar-refractivity contribution in [2.45, 2.75) is 19.5 Å². The first kappa shape index (κ1) is 12.4. The van der Waals surface area contributed by atoms with Crippen molar-refractivity contribution in [1.82, 2.24) is 4.98 Å². The molecule has 0 atom stereocenters. The van der Waals surface area contributed by atoms with Crippen LogP contribution in [-0.4, -0.2) is 4.98 Å². The molecule has 0 aromatic carbocycles. The van der Waals surface area contributed by atoms with E-state index in [0.29, 0.717) is 0 Å². The van der Waals surface area contributed by atoms with Gasteiger partial charge in [0.05, 0.1) is 5.56 Å². The van der Waals surface area contributed by atoms with Crippen molar-refractivity contribution in [2.75, 3.05) is 0 Å². The molecular formula is C8H5BrF5N. The largest absolute Gasteiger partial charge is 0.417 e. The highest BCUT2D eigenvalue weighted by atomic mass is 79.9. The molecule has 0 N–H and O–H groups in total. The molecule has 0 aliphatic rings. The van der Waals surface area contributed by atoms with E-state index in [1.165, 1.54) is 0 Å². The van der Waals surface area contributed by atoms with Crippen LogP contribution in [0.4, 0.5) is 22.0 Å². The number of rotatable bonds is 1. The highest BCUT2D eigenvalue weighted by molar-refractivity contribution is 9.10. The maximum absolute atomic E-state index is 12.5. The molecule has 0 spiro atoms. The van der Waals surface area contributed by atoms with Crippen molar-refractivity contribution in [3.63, 3.8) is 0 Å². The summed E-state index contributed by atoms with van der Waals surface area (Å²) in [4.78, 5) is 3.25. The van der Waals surface area contributed by atoms with Gasteiger partial charge in [0.15, 0.2) is 0 Å². The Labute approximate surface area is 90.4 Å². The second kappa shape index (κ2) is 4.03. The van der Waals surface area contributed by atoms with Crippen LogP contribution in [0.1, 0.15) is 23.2 Å². The van der Waals surface area contributed by atoms with Gasteiger partial charge < -0.3 is 0 Å². The number of hydrogen-bond donors (Lipinski definition) is 0. The predicted octanol–water partition coefficient (Wildman–Crippen LogP) is 4.11. The van der Waals surface area contributed by atoms with Gasteiger partial charge in [0.2, 0.25) is 0 Å². The monoisotopic (exact) mass is 289 g/mol. The van der Waals surface area contributed by atoms with Crippen molar-refractivity contribution in [3.05, 3.63) is 27.5 Å². The number of aromatic nitrogens is 1. The highest BCUT2D eigenvalue weighted by Crippen LogP contribution is 2.39. The lowest BCUT2D eigenvalue weighted by Gasteiger charge is -2.14. The summed E-state index contributed by atoms with van der Waals surface area (Å²) in [6.07, 6.45) is -6.95. The van der Waals surface area contributed by atoms with Crippen molar-refractivity contribution in [3.8, 4) is 0 Å². The summed E-state index contributed by atoms with van der Waals surface area (Å²) < 4.78 is 61.6. The summed E-state index contributed by atoms with van der Waals surface area (Å²) >= 11 is 2.64. The Morgan fingerprint density at radius 1 is 1.33 bits per heavy atom. The van der Waals surface area contributed by atoms with Crippen LogP contribution >= 0.6 is 15.9 Å². The minimum atomic E-state index is -4.67. The van der Waals surface area contributed by atoms with Gasteiger partial charge in [-0.15, -0.1) is 0 Å². The van der Waals surface area contributed by atoms with E-state index in [1.807, 2.05) is 0 Å². The van der Waals surface area contributed by atoms with Gasteiger partial charge in [-0.05, 0) is 28.4 Å². The molecule has 1 nitrogen and oxygen atoms in total. The topological polar surface area (TPSA) is 12.9 Å². The zero-order chi connectivity index (χ0) is 11.8.